The van der Waals surface area contributed by atoms with E-state index in [1.807, 2.05) is 60.7 Å². The summed E-state index contributed by atoms with van der Waals surface area (Å²) in [6, 6.07) is 29.3. The highest BCUT2D eigenvalue weighted by molar-refractivity contribution is 6.07. The molecule has 1 aliphatic rings. The lowest BCUT2D eigenvalue weighted by Crippen LogP contribution is -2.44. The average Bonchev–Trinajstić information content (AvgIpc) is 3.65. The number of halogens is 2. The van der Waals surface area contributed by atoms with E-state index in [2.05, 4.69) is 20.6 Å². The van der Waals surface area contributed by atoms with Crippen LogP contribution in [0, 0.1) is 11.3 Å². The second-order valence-electron chi connectivity index (χ2n) is 16.7. The van der Waals surface area contributed by atoms with E-state index < -0.39 is 55.0 Å². The highest BCUT2D eigenvalue weighted by atomic mass is 19.3. The summed E-state index contributed by atoms with van der Waals surface area (Å²) in [6.45, 7) is 4.01. The van der Waals surface area contributed by atoms with Gasteiger partial charge in [0.25, 0.3) is 11.8 Å². The molecule has 0 bridgehead atoms. The van der Waals surface area contributed by atoms with Crippen molar-refractivity contribution in [2.24, 2.45) is 0 Å². The Bertz CT molecular complexity index is 2850. The van der Waals surface area contributed by atoms with Crippen LogP contribution in [-0.2, 0) is 14.3 Å². The Morgan fingerprint density at radius 3 is 1.91 bits per heavy atom. The number of nitrogens with one attached hydrogen (secondary N) is 2. The number of nitriles is 1. The maximum atomic E-state index is 13.9. The fourth-order valence-electron chi connectivity index (χ4n) is 7.49. The van der Waals surface area contributed by atoms with Crippen molar-refractivity contribution >= 4 is 51.9 Å². The molecular formula is C50H47F2N7O8. The quantitative estimate of drug-likeness (QED) is 0.0931. The second kappa shape index (κ2) is 20.4. The lowest BCUT2D eigenvalue weighted by molar-refractivity contribution is -0.131. The smallest absolute Gasteiger partial charge is 0.408 e. The van der Waals surface area contributed by atoms with Gasteiger partial charge in [0.05, 0.1) is 48.8 Å². The number of aldehydes is 1. The van der Waals surface area contributed by atoms with Crippen molar-refractivity contribution in [2.45, 2.75) is 44.8 Å². The van der Waals surface area contributed by atoms with Gasteiger partial charge in [-0.3, -0.25) is 29.1 Å². The number of aromatic nitrogens is 2. The number of likely N-dealkylation sites (tertiary alicyclic amines) is 1. The molecule has 1 atom stereocenters. The Morgan fingerprint density at radius 2 is 1.34 bits per heavy atom. The minimum atomic E-state index is -3.18. The molecule has 344 valence electrons. The van der Waals surface area contributed by atoms with Crippen LogP contribution in [0.15, 0.2) is 109 Å². The van der Waals surface area contributed by atoms with Crippen molar-refractivity contribution in [3.05, 3.63) is 121 Å². The van der Waals surface area contributed by atoms with Gasteiger partial charge in [0, 0.05) is 35.2 Å². The molecule has 6 aromatic rings. The maximum Gasteiger partial charge on any atom is 0.408 e. The first-order valence-corrected chi connectivity index (χ1v) is 21.4. The number of nitrogens with zero attached hydrogens (tertiary/aromatic N) is 5. The van der Waals surface area contributed by atoms with Gasteiger partial charge in [0.1, 0.15) is 42.9 Å². The first-order valence-electron chi connectivity index (χ1n) is 21.4. The van der Waals surface area contributed by atoms with Gasteiger partial charge in [-0.2, -0.15) is 5.26 Å². The summed E-state index contributed by atoms with van der Waals surface area (Å²) in [4.78, 5) is 74.3. The van der Waals surface area contributed by atoms with Crippen LogP contribution in [0.2, 0.25) is 0 Å². The molecule has 7 rings (SSSR count). The zero-order valence-electron chi connectivity index (χ0n) is 37.0. The first kappa shape index (κ1) is 47.0. The predicted octanol–water partition coefficient (Wildman–Crippen LogP) is 7.23. The van der Waals surface area contributed by atoms with Gasteiger partial charge in [-0.15, -0.1) is 0 Å². The van der Waals surface area contributed by atoms with Gasteiger partial charge in [0.15, 0.2) is 6.29 Å². The standard InChI is InChI=1S/C50H47F2N7O8/c1-49(2,3)67-48(64)57-28-45(61)58(20-22-65-38-10-4-32(5-11-38)34-8-14-43-41(24-34)36(30-60)16-18-54-43)21-23-66-39-12-6-33(7-13-39)35-9-15-44-42(25-35)40(17-19-55-44)47(63)56-29-46(62)59-31-50(51,52)26-37(59)27-53/h4-19,24-25,30,37H,20-23,26,28-29,31H2,1-3H3,(H,56,63)(H,57,64). The van der Waals surface area contributed by atoms with E-state index in [-0.39, 0.29) is 44.3 Å². The van der Waals surface area contributed by atoms with E-state index in [1.165, 1.54) is 17.2 Å². The topological polar surface area (TPSA) is 193 Å². The van der Waals surface area contributed by atoms with Crippen LogP contribution in [0.1, 0.15) is 47.9 Å². The van der Waals surface area contributed by atoms with Crippen LogP contribution in [-0.4, -0.2) is 113 Å². The van der Waals surface area contributed by atoms with Crippen molar-refractivity contribution in [1.29, 1.82) is 5.26 Å². The number of benzene rings is 4. The molecule has 0 aliphatic carbocycles. The van der Waals surface area contributed by atoms with E-state index in [4.69, 9.17) is 14.2 Å². The molecule has 1 fully saturated rings. The molecule has 15 nitrogen and oxygen atoms in total. The van der Waals surface area contributed by atoms with E-state index in [9.17, 15) is 38.0 Å². The van der Waals surface area contributed by atoms with Gasteiger partial charge >= 0.3 is 6.09 Å². The number of carbonyl (C=O) groups excluding carboxylic acids is 5. The summed E-state index contributed by atoms with van der Waals surface area (Å²) in [5.41, 5.74) is 4.62. The highest BCUT2D eigenvalue weighted by Gasteiger charge is 2.47. The highest BCUT2D eigenvalue weighted by Crippen LogP contribution is 2.32. The summed E-state index contributed by atoms with van der Waals surface area (Å²) in [6.07, 6.45) is 2.39. The number of hydrogen-bond acceptors (Lipinski definition) is 11. The van der Waals surface area contributed by atoms with Crippen LogP contribution in [0.3, 0.4) is 0 Å². The third kappa shape index (κ3) is 12.0. The fourth-order valence-corrected chi connectivity index (χ4v) is 7.49. The molecule has 2 N–H and O–H groups in total. The second-order valence-corrected chi connectivity index (χ2v) is 16.7. The Kier molecular flexibility index (Phi) is 14.3. The molecule has 1 aliphatic heterocycles. The van der Waals surface area contributed by atoms with Crippen LogP contribution >= 0.6 is 0 Å². The molecule has 4 amide bonds. The van der Waals surface area contributed by atoms with Crippen molar-refractivity contribution < 1.29 is 47.0 Å². The Morgan fingerprint density at radius 1 is 0.791 bits per heavy atom. The Hall–Kier alpha value is -8.00. The maximum absolute atomic E-state index is 13.9. The van der Waals surface area contributed by atoms with Gasteiger partial charge in [-0.1, -0.05) is 36.4 Å². The molecule has 0 spiro atoms. The average molecular weight is 912 g/mol. The summed E-state index contributed by atoms with van der Waals surface area (Å²) < 4.78 is 45.1. The molecule has 17 heteroatoms. The van der Waals surface area contributed by atoms with Gasteiger partial charge in [-0.25, -0.2) is 13.6 Å². The van der Waals surface area contributed by atoms with Gasteiger partial charge in [0.2, 0.25) is 11.8 Å². The molecule has 4 aromatic carbocycles. The molecule has 3 heterocycles. The third-order valence-corrected chi connectivity index (χ3v) is 10.8. The summed E-state index contributed by atoms with van der Waals surface area (Å²) in [5, 5.41) is 15.5. The number of rotatable bonds is 16. The molecular weight excluding hydrogens is 865 g/mol. The number of hydrogen-bond donors (Lipinski definition) is 2. The van der Waals surface area contributed by atoms with Crippen molar-refractivity contribution in [3.63, 3.8) is 0 Å². The van der Waals surface area contributed by atoms with Crippen LogP contribution in [0.25, 0.3) is 44.1 Å². The third-order valence-electron chi connectivity index (χ3n) is 10.8. The number of pyridine rings is 2. The van der Waals surface area contributed by atoms with Crippen LogP contribution in [0.4, 0.5) is 13.6 Å². The van der Waals surface area contributed by atoms with Crippen molar-refractivity contribution in [3.8, 4) is 39.8 Å². The lowest BCUT2D eigenvalue weighted by atomic mass is 10.0. The number of carbonyl (C=O) groups is 5. The van der Waals surface area contributed by atoms with E-state index >= 15 is 0 Å². The van der Waals surface area contributed by atoms with E-state index in [0.29, 0.717) is 28.0 Å². The number of amides is 4. The fraction of sp³-hybridized carbons (Fsp3) is 0.280. The Balaban J connectivity index is 0.960. The zero-order valence-corrected chi connectivity index (χ0v) is 37.0. The van der Waals surface area contributed by atoms with Gasteiger partial charge in [-0.05, 0) is 104 Å². The summed E-state index contributed by atoms with van der Waals surface area (Å²) in [5.74, 6) is -3.85. The largest absolute Gasteiger partial charge is 0.492 e. The molecule has 1 saturated heterocycles. The number of alkyl carbamates (subject to hydrolysis) is 1. The van der Waals surface area contributed by atoms with Crippen LogP contribution < -0.4 is 20.1 Å². The molecule has 0 saturated carbocycles. The van der Waals surface area contributed by atoms with E-state index in [1.54, 1.807) is 63.4 Å². The number of ether oxygens (including phenoxy) is 3. The molecule has 0 radical (unpaired) electrons. The summed E-state index contributed by atoms with van der Waals surface area (Å²) >= 11 is 0. The van der Waals surface area contributed by atoms with Crippen molar-refractivity contribution in [2.75, 3.05) is 45.9 Å². The normalized spacial score (nSPS) is 14.2. The van der Waals surface area contributed by atoms with Crippen molar-refractivity contribution in [1.82, 2.24) is 30.4 Å². The lowest BCUT2D eigenvalue weighted by Gasteiger charge is -2.24. The molecule has 2 aromatic heterocycles. The number of alkyl halides is 2. The predicted molar refractivity (Wildman–Crippen MR) is 245 cm³/mol. The Labute approximate surface area is 384 Å². The molecule has 1 unspecified atom stereocenters. The zero-order chi connectivity index (χ0) is 47.7. The van der Waals surface area contributed by atoms with Gasteiger partial charge < -0.3 is 34.6 Å². The SMILES string of the molecule is CC(C)(C)OC(=O)NCC(=O)N(CCOc1ccc(-c2ccc3nccc(C=O)c3c2)cc1)CCOc1ccc(-c2ccc3nccc(C(=O)NCC(=O)N4CC(F)(F)CC4C#N)c3c2)cc1. The monoisotopic (exact) mass is 911 g/mol. The summed E-state index contributed by atoms with van der Waals surface area (Å²) in [7, 11) is 0. The molecule has 67 heavy (non-hydrogen) atoms. The number of fused-ring (bicyclic) bond motifs is 2. The van der Waals surface area contributed by atoms with Crippen LogP contribution in [0.5, 0.6) is 11.5 Å². The van der Waals surface area contributed by atoms with E-state index in [0.717, 1.165) is 44.3 Å². The first-order chi connectivity index (χ1) is 32.1. The minimum Gasteiger partial charge on any atom is -0.492 e. The minimum absolute atomic E-state index is 0.110.